The van der Waals surface area contributed by atoms with E-state index in [1.54, 1.807) is 6.92 Å². The van der Waals surface area contributed by atoms with E-state index in [1.165, 1.54) is 24.3 Å². The molecule has 0 heterocycles. The second kappa shape index (κ2) is 7.74. The number of halogens is 1. The lowest BCUT2D eigenvalue weighted by Gasteiger charge is -2.15. The molecule has 2 atom stereocenters. The van der Waals surface area contributed by atoms with Gasteiger partial charge in [0.1, 0.15) is 11.6 Å². The van der Waals surface area contributed by atoms with E-state index in [1.807, 2.05) is 6.92 Å². The van der Waals surface area contributed by atoms with E-state index < -0.39 is 6.10 Å². The zero-order valence-electron chi connectivity index (χ0n) is 11.2. The van der Waals surface area contributed by atoms with Gasteiger partial charge in [-0.1, -0.05) is 0 Å². The Morgan fingerprint density at radius 1 is 1.37 bits per heavy atom. The Morgan fingerprint density at radius 2 is 2.00 bits per heavy atom. The van der Waals surface area contributed by atoms with Crippen LogP contribution in [0.4, 0.5) is 4.39 Å². The molecule has 0 saturated carbocycles. The van der Waals surface area contributed by atoms with Gasteiger partial charge in [-0.25, -0.2) is 4.39 Å². The zero-order valence-corrected chi connectivity index (χ0v) is 11.2. The van der Waals surface area contributed by atoms with Crippen LogP contribution < -0.4 is 10.1 Å². The first-order valence-corrected chi connectivity index (χ1v) is 6.33. The summed E-state index contributed by atoms with van der Waals surface area (Å²) in [4.78, 5) is 11.5. The molecule has 0 aliphatic rings. The zero-order chi connectivity index (χ0) is 14.3. The number of amides is 1. The summed E-state index contributed by atoms with van der Waals surface area (Å²) in [5.41, 5.74) is 0. The van der Waals surface area contributed by atoms with E-state index in [9.17, 15) is 14.3 Å². The number of hydrogen-bond donors (Lipinski definition) is 2. The van der Waals surface area contributed by atoms with Gasteiger partial charge in [0.2, 0.25) is 5.91 Å². The van der Waals surface area contributed by atoms with E-state index in [0.717, 1.165) is 0 Å². The highest BCUT2D eigenvalue weighted by atomic mass is 19.1. The molecule has 4 nitrogen and oxygen atoms in total. The highest BCUT2D eigenvalue weighted by Gasteiger charge is 2.09. The first-order valence-electron chi connectivity index (χ1n) is 6.33. The molecule has 0 bridgehead atoms. The number of ether oxygens (including phenoxy) is 1. The molecule has 2 unspecified atom stereocenters. The summed E-state index contributed by atoms with van der Waals surface area (Å²) in [6.07, 6.45) is 0.303. The summed E-state index contributed by atoms with van der Waals surface area (Å²) < 4.78 is 18.0. The fourth-order valence-electron chi connectivity index (χ4n) is 1.71. The third-order valence-electron chi connectivity index (χ3n) is 2.51. The molecular formula is C14H20FNO3. The largest absolute Gasteiger partial charge is 0.493 e. The molecule has 0 aromatic heterocycles. The van der Waals surface area contributed by atoms with Crippen LogP contribution in [0.5, 0.6) is 5.75 Å². The summed E-state index contributed by atoms with van der Waals surface area (Å²) in [6.45, 7) is 3.75. The van der Waals surface area contributed by atoms with Gasteiger partial charge in [0, 0.05) is 6.04 Å². The van der Waals surface area contributed by atoms with Crippen LogP contribution in [0.25, 0.3) is 0 Å². The monoisotopic (exact) mass is 269 g/mol. The minimum Gasteiger partial charge on any atom is -0.493 e. The predicted octanol–water partition coefficient (Wildman–Crippen LogP) is 1.87. The number of aliphatic hydroxyl groups excluding tert-OH is 1. The maximum absolute atomic E-state index is 12.6. The van der Waals surface area contributed by atoms with Gasteiger partial charge >= 0.3 is 0 Å². The van der Waals surface area contributed by atoms with Crippen molar-refractivity contribution < 1.29 is 19.0 Å². The van der Waals surface area contributed by atoms with Crippen molar-refractivity contribution in [3.05, 3.63) is 30.1 Å². The number of carbonyl (C=O) groups is 1. The summed E-state index contributed by atoms with van der Waals surface area (Å²) in [7, 11) is 0. The van der Waals surface area contributed by atoms with Crippen molar-refractivity contribution in [2.75, 3.05) is 6.61 Å². The van der Waals surface area contributed by atoms with Crippen molar-refractivity contribution in [2.24, 2.45) is 0 Å². The lowest BCUT2D eigenvalue weighted by molar-refractivity contribution is -0.122. The maximum atomic E-state index is 12.6. The predicted molar refractivity (Wildman–Crippen MR) is 70.4 cm³/mol. The molecule has 0 aliphatic carbocycles. The first-order chi connectivity index (χ1) is 8.97. The third-order valence-corrected chi connectivity index (χ3v) is 2.51. The second-order valence-corrected chi connectivity index (χ2v) is 4.61. The minimum absolute atomic E-state index is 0.0710. The molecule has 1 rings (SSSR count). The molecule has 19 heavy (non-hydrogen) atoms. The Labute approximate surface area is 112 Å². The van der Waals surface area contributed by atoms with Gasteiger partial charge in [0.25, 0.3) is 0 Å². The van der Waals surface area contributed by atoms with Crippen LogP contribution in [-0.2, 0) is 4.79 Å². The van der Waals surface area contributed by atoms with Gasteiger partial charge in [-0.2, -0.15) is 0 Å². The Morgan fingerprint density at radius 3 is 2.58 bits per heavy atom. The SMILES string of the molecule is CC(O)CC(C)NC(=O)CCOc1ccc(F)cc1. The standard InChI is InChI=1S/C14H20FNO3/c1-10(9-11(2)17)16-14(18)7-8-19-13-5-3-12(15)4-6-13/h3-6,10-11,17H,7-9H2,1-2H3,(H,16,18). The van der Waals surface area contributed by atoms with E-state index in [0.29, 0.717) is 12.2 Å². The lowest BCUT2D eigenvalue weighted by atomic mass is 10.1. The van der Waals surface area contributed by atoms with Gasteiger partial charge in [0.05, 0.1) is 19.1 Å². The average Bonchev–Trinajstić information content (AvgIpc) is 2.30. The van der Waals surface area contributed by atoms with Gasteiger partial charge < -0.3 is 15.2 Å². The van der Waals surface area contributed by atoms with Crippen LogP contribution >= 0.6 is 0 Å². The van der Waals surface area contributed by atoms with Crippen molar-refractivity contribution in [1.82, 2.24) is 5.32 Å². The summed E-state index contributed by atoms with van der Waals surface area (Å²) in [5.74, 6) is 0.0820. The molecule has 5 heteroatoms. The van der Waals surface area contributed by atoms with E-state index >= 15 is 0 Å². The van der Waals surface area contributed by atoms with Crippen LogP contribution in [0.15, 0.2) is 24.3 Å². The highest BCUT2D eigenvalue weighted by molar-refractivity contribution is 5.76. The molecule has 106 valence electrons. The van der Waals surface area contributed by atoms with Crippen LogP contribution in [0.2, 0.25) is 0 Å². The smallest absolute Gasteiger partial charge is 0.223 e. The molecule has 0 radical (unpaired) electrons. The maximum Gasteiger partial charge on any atom is 0.223 e. The van der Waals surface area contributed by atoms with Crippen LogP contribution in [0, 0.1) is 5.82 Å². The first kappa shape index (κ1) is 15.4. The second-order valence-electron chi connectivity index (χ2n) is 4.61. The number of nitrogens with one attached hydrogen (secondary N) is 1. The van der Waals surface area contributed by atoms with Crippen molar-refractivity contribution in [1.29, 1.82) is 0 Å². The summed E-state index contributed by atoms with van der Waals surface area (Å²) in [6, 6.07) is 5.57. The third kappa shape index (κ3) is 6.76. The molecule has 0 fully saturated rings. The number of carbonyl (C=O) groups excluding carboxylic acids is 1. The van der Waals surface area contributed by atoms with Crippen molar-refractivity contribution >= 4 is 5.91 Å². The van der Waals surface area contributed by atoms with Crippen molar-refractivity contribution in [3.63, 3.8) is 0 Å². The molecule has 2 N–H and O–H groups in total. The molecule has 1 aromatic rings. The number of aliphatic hydroxyl groups is 1. The topological polar surface area (TPSA) is 58.6 Å². The number of rotatable bonds is 7. The van der Waals surface area contributed by atoms with Gasteiger partial charge in [-0.15, -0.1) is 0 Å². The summed E-state index contributed by atoms with van der Waals surface area (Å²) in [5, 5.41) is 11.9. The Kier molecular flexibility index (Phi) is 6.29. The molecule has 1 amide bonds. The van der Waals surface area contributed by atoms with E-state index in [-0.39, 0.29) is 30.8 Å². The molecule has 0 spiro atoms. The number of benzene rings is 1. The lowest BCUT2D eigenvalue weighted by Crippen LogP contribution is -2.35. The van der Waals surface area contributed by atoms with Crippen LogP contribution in [-0.4, -0.2) is 29.8 Å². The molecule has 1 aromatic carbocycles. The van der Waals surface area contributed by atoms with Gasteiger partial charge in [-0.05, 0) is 44.5 Å². The Balaban J connectivity index is 2.21. The highest BCUT2D eigenvalue weighted by Crippen LogP contribution is 2.11. The fraction of sp³-hybridized carbons (Fsp3) is 0.500. The van der Waals surface area contributed by atoms with Crippen LogP contribution in [0.1, 0.15) is 26.7 Å². The van der Waals surface area contributed by atoms with Gasteiger partial charge in [-0.3, -0.25) is 4.79 Å². The minimum atomic E-state index is -0.439. The van der Waals surface area contributed by atoms with E-state index in [4.69, 9.17) is 4.74 Å². The quantitative estimate of drug-likeness (QED) is 0.794. The Hall–Kier alpha value is -1.62. The van der Waals surface area contributed by atoms with Gasteiger partial charge in [0.15, 0.2) is 0 Å². The summed E-state index contributed by atoms with van der Waals surface area (Å²) >= 11 is 0. The fourth-order valence-corrected chi connectivity index (χ4v) is 1.71. The Bertz CT molecular complexity index is 392. The molecular weight excluding hydrogens is 249 g/mol. The molecule has 0 aliphatic heterocycles. The number of hydrogen-bond acceptors (Lipinski definition) is 3. The van der Waals surface area contributed by atoms with E-state index in [2.05, 4.69) is 5.32 Å². The normalized spacial score (nSPS) is 13.7. The van der Waals surface area contributed by atoms with Crippen molar-refractivity contribution in [3.8, 4) is 5.75 Å². The average molecular weight is 269 g/mol. The van der Waals surface area contributed by atoms with Crippen LogP contribution in [0.3, 0.4) is 0 Å². The molecule has 0 saturated heterocycles. The van der Waals surface area contributed by atoms with Crippen molar-refractivity contribution in [2.45, 2.75) is 38.8 Å².